The Morgan fingerprint density at radius 2 is 1.90 bits per heavy atom. The molecule has 0 saturated carbocycles. The van der Waals surface area contributed by atoms with Crippen molar-refractivity contribution in [1.82, 2.24) is 5.32 Å². The summed E-state index contributed by atoms with van der Waals surface area (Å²) in [5.41, 5.74) is 2.63. The summed E-state index contributed by atoms with van der Waals surface area (Å²) in [6.45, 7) is 5.26. The minimum atomic E-state index is 0.261. The van der Waals surface area contributed by atoms with E-state index in [1.807, 2.05) is 23.5 Å². The molecule has 0 fully saturated rings. The molecule has 1 atom stereocenters. The fourth-order valence-electron chi connectivity index (χ4n) is 2.32. The Morgan fingerprint density at radius 1 is 1.14 bits per heavy atom. The van der Waals surface area contributed by atoms with E-state index in [0.29, 0.717) is 0 Å². The Kier molecular flexibility index (Phi) is 5.65. The van der Waals surface area contributed by atoms with Crippen molar-refractivity contribution in [3.8, 4) is 11.5 Å². The molecule has 0 amide bonds. The molecule has 21 heavy (non-hydrogen) atoms. The van der Waals surface area contributed by atoms with Gasteiger partial charge in [0.05, 0.1) is 14.2 Å². The van der Waals surface area contributed by atoms with Crippen LogP contribution in [0.1, 0.15) is 35.9 Å². The Labute approximate surface area is 130 Å². The maximum atomic E-state index is 5.36. The van der Waals surface area contributed by atoms with Gasteiger partial charge in [0.25, 0.3) is 0 Å². The predicted molar refractivity (Wildman–Crippen MR) is 88.5 cm³/mol. The average molecular weight is 305 g/mol. The molecule has 0 aliphatic rings. The molecule has 1 N–H and O–H groups in total. The summed E-state index contributed by atoms with van der Waals surface area (Å²) in [4.78, 5) is 1.42. The van der Waals surface area contributed by atoms with Gasteiger partial charge in [-0.25, -0.2) is 0 Å². The van der Waals surface area contributed by atoms with Gasteiger partial charge in [0, 0.05) is 17.5 Å². The van der Waals surface area contributed by atoms with E-state index in [1.54, 1.807) is 14.2 Å². The lowest BCUT2D eigenvalue weighted by Gasteiger charge is -2.16. The van der Waals surface area contributed by atoms with Crippen molar-refractivity contribution >= 4 is 11.3 Å². The number of hydrogen-bond donors (Lipinski definition) is 1. The van der Waals surface area contributed by atoms with Gasteiger partial charge >= 0.3 is 0 Å². The molecule has 0 bridgehead atoms. The van der Waals surface area contributed by atoms with Crippen LogP contribution in [0, 0.1) is 0 Å². The lowest BCUT2D eigenvalue weighted by atomic mass is 10.1. The Balaban J connectivity index is 2.05. The first kappa shape index (κ1) is 15.9. The molecule has 1 aromatic heterocycles. The number of thiophene rings is 1. The van der Waals surface area contributed by atoms with E-state index in [-0.39, 0.29) is 6.04 Å². The van der Waals surface area contributed by atoms with E-state index >= 15 is 0 Å². The first-order valence-electron chi connectivity index (χ1n) is 7.20. The molecular formula is C17H23NO2S. The van der Waals surface area contributed by atoms with Crippen LogP contribution in [0.3, 0.4) is 0 Å². The lowest BCUT2D eigenvalue weighted by Crippen LogP contribution is -2.18. The molecule has 1 unspecified atom stereocenters. The molecule has 3 nitrogen and oxygen atoms in total. The van der Waals surface area contributed by atoms with Crippen molar-refractivity contribution in [1.29, 1.82) is 0 Å². The fraction of sp³-hybridized carbons (Fsp3) is 0.412. The third-order valence-corrected chi connectivity index (χ3v) is 4.66. The molecule has 4 heteroatoms. The zero-order chi connectivity index (χ0) is 15.2. The topological polar surface area (TPSA) is 30.5 Å². The van der Waals surface area contributed by atoms with Crippen LogP contribution < -0.4 is 14.8 Å². The number of hydrogen-bond acceptors (Lipinski definition) is 4. The van der Waals surface area contributed by atoms with Gasteiger partial charge in [-0.05, 0) is 48.1 Å². The van der Waals surface area contributed by atoms with Crippen LogP contribution in [0.25, 0.3) is 0 Å². The summed E-state index contributed by atoms with van der Waals surface area (Å²) in [6, 6.07) is 8.54. The molecule has 0 aliphatic heterocycles. The molecule has 0 saturated heterocycles. The number of aryl methyl sites for hydroxylation is 1. The minimum absolute atomic E-state index is 0.261. The van der Waals surface area contributed by atoms with E-state index in [0.717, 1.165) is 24.5 Å². The van der Waals surface area contributed by atoms with Crippen LogP contribution in [-0.2, 0) is 13.0 Å². The zero-order valence-electron chi connectivity index (χ0n) is 13.1. The normalized spacial score (nSPS) is 12.2. The highest BCUT2D eigenvalue weighted by molar-refractivity contribution is 7.10. The third-order valence-electron chi connectivity index (χ3n) is 3.69. The molecule has 114 valence electrons. The number of methoxy groups -OCH3 is 2. The standard InChI is InChI=1S/C17H23NO2S/c1-5-13-8-9-21-17(13)11-18-12(2)14-6-7-15(19-3)16(10-14)20-4/h6-10,12,18H,5,11H2,1-4H3. The van der Waals surface area contributed by atoms with Crippen molar-refractivity contribution in [3.05, 3.63) is 45.6 Å². The van der Waals surface area contributed by atoms with E-state index in [1.165, 1.54) is 16.0 Å². The molecule has 0 spiro atoms. The monoisotopic (exact) mass is 305 g/mol. The second kappa shape index (κ2) is 7.48. The number of nitrogens with one attached hydrogen (secondary N) is 1. The Hall–Kier alpha value is -1.52. The Bertz CT molecular complexity index is 580. The second-order valence-electron chi connectivity index (χ2n) is 4.94. The first-order chi connectivity index (χ1) is 10.2. The fourth-order valence-corrected chi connectivity index (χ4v) is 3.25. The van der Waals surface area contributed by atoms with Crippen LogP contribution in [0.4, 0.5) is 0 Å². The summed E-state index contributed by atoms with van der Waals surface area (Å²) in [7, 11) is 3.32. The summed E-state index contributed by atoms with van der Waals surface area (Å²) in [6.07, 6.45) is 1.09. The molecular weight excluding hydrogens is 282 g/mol. The van der Waals surface area contributed by atoms with Gasteiger partial charge < -0.3 is 14.8 Å². The van der Waals surface area contributed by atoms with Gasteiger partial charge in [-0.3, -0.25) is 0 Å². The summed E-state index contributed by atoms with van der Waals surface area (Å²) in [5.74, 6) is 1.54. The van der Waals surface area contributed by atoms with Gasteiger partial charge in [0.2, 0.25) is 0 Å². The number of rotatable bonds is 7. The van der Waals surface area contributed by atoms with Crippen LogP contribution in [-0.4, -0.2) is 14.2 Å². The summed E-state index contributed by atoms with van der Waals surface area (Å²) in [5, 5.41) is 5.74. The lowest BCUT2D eigenvalue weighted by molar-refractivity contribution is 0.354. The molecule has 2 aromatic rings. The first-order valence-corrected chi connectivity index (χ1v) is 8.08. The van der Waals surface area contributed by atoms with Crippen LogP contribution >= 0.6 is 11.3 Å². The van der Waals surface area contributed by atoms with E-state index < -0.39 is 0 Å². The molecule has 1 heterocycles. The SMILES string of the molecule is CCc1ccsc1CNC(C)c1ccc(OC)c(OC)c1. The summed E-state index contributed by atoms with van der Waals surface area (Å²) < 4.78 is 10.6. The van der Waals surface area contributed by atoms with Crippen LogP contribution in [0.2, 0.25) is 0 Å². The maximum Gasteiger partial charge on any atom is 0.161 e. The largest absolute Gasteiger partial charge is 0.493 e. The van der Waals surface area contributed by atoms with Crippen molar-refractivity contribution in [2.75, 3.05) is 14.2 Å². The van der Waals surface area contributed by atoms with Crippen molar-refractivity contribution < 1.29 is 9.47 Å². The third kappa shape index (κ3) is 3.77. The average Bonchev–Trinajstić information content (AvgIpc) is 2.99. The Morgan fingerprint density at radius 3 is 2.57 bits per heavy atom. The van der Waals surface area contributed by atoms with Crippen LogP contribution in [0.15, 0.2) is 29.6 Å². The highest BCUT2D eigenvalue weighted by Crippen LogP contribution is 2.30. The number of ether oxygens (including phenoxy) is 2. The van der Waals surface area contributed by atoms with Crippen molar-refractivity contribution in [3.63, 3.8) is 0 Å². The van der Waals surface area contributed by atoms with Gasteiger partial charge in [-0.1, -0.05) is 13.0 Å². The quantitative estimate of drug-likeness (QED) is 0.832. The van der Waals surface area contributed by atoms with E-state index in [9.17, 15) is 0 Å². The van der Waals surface area contributed by atoms with Crippen molar-refractivity contribution in [2.45, 2.75) is 32.9 Å². The van der Waals surface area contributed by atoms with Gasteiger partial charge in [0.1, 0.15) is 0 Å². The van der Waals surface area contributed by atoms with Crippen LogP contribution in [0.5, 0.6) is 11.5 Å². The molecule has 2 rings (SSSR count). The van der Waals surface area contributed by atoms with Gasteiger partial charge in [-0.2, -0.15) is 0 Å². The number of benzene rings is 1. The van der Waals surface area contributed by atoms with E-state index in [2.05, 4.69) is 36.7 Å². The highest BCUT2D eigenvalue weighted by Gasteiger charge is 2.11. The summed E-state index contributed by atoms with van der Waals surface area (Å²) >= 11 is 1.82. The second-order valence-corrected chi connectivity index (χ2v) is 5.94. The maximum absolute atomic E-state index is 5.36. The minimum Gasteiger partial charge on any atom is -0.493 e. The zero-order valence-corrected chi connectivity index (χ0v) is 13.9. The highest BCUT2D eigenvalue weighted by atomic mass is 32.1. The van der Waals surface area contributed by atoms with E-state index in [4.69, 9.17) is 9.47 Å². The predicted octanol–water partition coefficient (Wildman–Crippen LogP) is 4.18. The smallest absolute Gasteiger partial charge is 0.161 e. The van der Waals surface area contributed by atoms with Gasteiger partial charge in [0.15, 0.2) is 11.5 Å². The molecule has 0 aliphatic carbocycles. The van der Waals surface area contributed by atoms with Crippen molar-refractivity contribution in [2.24, 2.45) is 0 Å². The molecule has 0 radical (unpaired) electrons. The molecule has 1 aromatic carbocycles. The van der Waals surface area contributed by atoms with Gasteiger partial charge in [-0.15, -0.1) is 11.3 Å².